The third-order valence-corrected chi connectivity index (χ3v) is 2.31. The zero-order valence-corrected chi connectivity index (χ0v) is 7.69. The zero-order valence-electron chi connectivity index (χ0n) is 6.80. The smallest absolute Gasteiger partial charge is 0.168 e. The second-order valence-corrected chi connectivity index (χ2v) is 3.68. The van der Waals surface area contributed by atoms with Crippen LogP contribution in [-0.4, -0.2) is 8.42 Å². The molecule has 0 radical (unpaired) electrons. The number of benzene rings is 1. The molecule has 4 heteroatoms. The van der Waals surface area contributed by atoms with Crippen LogP contribution in [0.5, 0.6) is 0 Å². The normalized spacial score (nSPS) is 10.7. The number of hydrogen-bond acceptors (Lipinski definition) is 2. The van der Waals surface area contributed by atoms with Gasteiger partial charge in [0.15, 0.2) is 10.7 Å². The van der Waals surface area contributed by atoms with Gasteiger partial charge in [-0.1, -0.05) is 0 Å². The third kappa shape index (κ3) is 1.64. The maximum Gasteiger partial charge on any atom is 0.168 e. The van der Waals surface area contributed by atoms with Gasteiger partial charge in [0.1, 0.15) is 5.82 Å². The Labute approximate surface area is 72.0 Å². The lowest BCUT2D eigenvalue weighted by Crippen LogP contribution is -1.91. The van der Waals surface area contributed by atoms with Crippen LogP contribution in [0.1, 0.15) is 11.1 Å². The van der Waals surface area contributed by atoms with Crippen LogP contribution in [0.25, 0.3) is 0 Å². The van der Waals surface area contributed by atoms with Crippen LogP contribution in [0, 0.1) is 19.7 Å². The first-order valence-corrected chi connectivity index (χ1v) is 4.61. The second kappa shape index (κ2) is 3.23. The monoisotopic (exact) mass is 188 g/mol. The lowest BCUT2D eigenvalue weighted by Gasteiger charge is -2.00. The first-order chi connectivity index (χ1) is 5.52. The highest BCUT2D eigenvalue weighted by Crippen LogP contribution is 2.15. The Morgan fingerprint density at radius 3 is 1.92 bits per heavy atom. The SMILES string of the molecule is Cc1cc([SH](=O)=O)cc(C)c1F. The van der Waals surface area contributed by atoms with Gasteiger partial charge < -0.3 is 0 Å². The van der Waals surface area contributed by atoms with Gasteiger partial charge in [0, 0.05) is 0 Å². The van der Waals surface area contributed by atoms with Crippen molar-refractivity contribution in [3.8, 4) is 0 Å². The molecule has 0 heterocycles. The summed E-state index contributed by atoms with van der Waals surface area (Å²) in [5, 5.41) is 0. The first-order valence-electron chi connectivity index (χ1n) is 3.43. The molecule has 12 heavy (non-hydrogen) atoms. The lowest BCUT2D eigenvalue weighted by atomic mass is 10.1. The van der Waals surface area contributed by atoms with Crippen molar-refractivity contribution >= 4 is 10.7 Å². The van der Waals surface area contributed by atoms with Crippen LogP contribution in [0.3, 0.4) is 0 Å². The van der Waals surface area contributed by atoms with Crippen LogP contribution >= 0.6 is 0 Å². The molecule has 0 fully saturated rings. The number of thiol groups is 1. The predicted octanol–water partition coefficient (Wildman–Crippen LogP) is 1.41. The molecular weight excluding hydrogens is 179 g/mol. The minimum absolute atomic E-state index is 0.168. The Hall–Kier alpha value is -0.900. The summed E-state index contributed by atoms with van der Waals surface area (Å²) in [4.78, 5) is 0.168. The molecule has 0 bridgehead atoms. The van der Waals surface area contributed by atoms with E-state index >= 15 is 0 Å². The molecule has 1 aromatic rings. The standard InChI is InChI=1S/C8H9FO2S/c1-5-3-7(12(10)11)4-6(2)8(5)9/h3-4,12H,1-2H3. The van der Waals surface area contributed by atoms with Gasteiger partial charge in [-0.2, -0.15) is 0 Å². The molecule has 0 saturated heterocycles. The molecule has 1 rings (SSSR count). The Morgan fingerprint density at radius 2 is 1.58 bits per heavy atom. The van der Waals surface area contributed by atoms with Crippen molar-refractivity contribution < 1.29 is 12.8 Å². The molecule has 0 aliphatic carbocycles. The highest BCUT2D eigenvalue weighted by molar-refractivity contribution is 7.72. The Kier molecular flexibility index (Phi) is 2.47. The van der Waals surface area contributed by atoms with Gasteiger partial charge in [-0.3, -0.25) is 0 Å². The first kappa shape index (κ1) is 9.19. The fourth-order valence-electron chi connectivity index (χ4n) is 1.03. The molecule has 66 valence electrons. The summed E-state index contributed by atoms with van der Waals surface area (Å²) in [5.74, 6) is -0.337. The Balaban J connectivity index is 3.40. The molecule has 0 aromatic heterocycles. The highest BCUT2D eigenvalue weighted by Gasteiger charge is 2.04. The van der Waals surface area contributed by atoms with E-state index in [4.69, 9.17) is 0 Å². The minimum Gasteiger partial charge on any atom is -0.227 e. The topological polar surface area (TPSA) is 34.1 Å². The van der Waals surface area contributed by atoms with Gasteiger partial charge in [0.05, 0.1) is 4.90 Å². The van der Waals surface area contributed by atoms with Crippen LogP contribution < -0.4 is 0 Å². The van der Waals surface area contributed by atoms with E-state index in [0.29, 0.717) is 11.1 Å². The highest BCUT2D eigenvalue weighted by atomic mass is 32.2. The van der Waals surface area contributed by atoms with E-state index in [1.165, 1.54) is 12.1 Å². The summed E-state index contributed by atoms with van der Waals surface area (Å²) >= 11 is 0. The second-order valence-electron chi connectivity index (χ2n) is 2.65. The molecule has 0 aliphatic heterocycles. The van der Waals surface area contributed by atoms with E-state index in [1.807, 2.05) is 0 Å². The molecule has 0 N–H and O–H groups in total. The Bertz CT molecular complexity index is 352. The average Bonchev–Trinajstić information content (AvgIpc) is 1.99. The van der Waals surface area contributed by atoms with Crippen LogP contribution in [0.4, 0.5) is 4.39 Å². The largest absolute Gasteiger partial charge is 0.227 e. The van der Waals surface area contributed by atoms with E-state index in [0.717, 1.165) is 0 Å². The maximum absolute atomic E-state index is 13.0. The summed E-state index contributed by atoms with van der Waals surface area (Å²) in [6.45, 7) is 3.09. The maximum atomic E-state index is 13.0. The molecule has 0 spiro atoms. The molecule has 0 atom stereocenters. The van der Waals surface area contributed by atoms with Gasteiger partial charge in [-0.25, -0.2) is 12.8 Å². The van der Waals surface area contributed by atoms with Crippen LogP contribution in [0.2, 0.25) is 0 Å². The number of halogens is 1. The number of rotatable bonds is 1. The lowest BCUT2D eigenvalue weighted by molar-refractivity contribution is 0.602. The van der Waals surface area contributed by atoms with Crippen molar-refractivity contribution in [2.24, 2.45) is 0 Å². The van der Waals surface area contributed by atoms with Gasteiger partial charge in [0.25, 0.3) is 0 Å². The molecule has 1 aromatic carbocycles. The van der Waals surface area contributed by atoms with Crippen molar-refractivity contribution in [1.29, 1.82) is 0 Å². The van der Waals surface area contributed by atoms with Crippen molar-refractivity contribution in [1.82, 2.24) is 0 Å². The fraction of sp³-hybridized carbons (Fsp3) is 0.250. The molecular formula is C8H9FO2S. The number of aryl methyl sites for hydroxylation is 2. The van der Waals surface area contributed by atoms with E-state index in [9.17, 15) is 12.8 Å². The molecule has 0 aliphatic rings. The Morgan fingerprint density at radius 1 is 1.17 bits per heavy atom. The van der Waals surface area contributed by atoms with Gasteiger partial charge in [0.2, 0.25) is 0 Å². The van der Waals surface area contributed by atoms with Crippen molar-refractivity contribution in [2.75, 3.05) is 0 Å². The predicted molar refractivity (Wildman–Crippen MR) is 44.5 cm³/mol. The minimum atomic E-state index is -2.61. The van der Waals surface area contributed by atoms with Crippen molar-refractivity contribution in [3.63, 3.8) is 0 Å². The molecule has 2 nitrogen and oxygen atoms in total. The molecule has 0 unspecified atom stereocenters. The zero-order chi connectivity index (χ0) is 9.30. The van der Waals surface area contributed by atoms with Crippen LogP contribution in [0.15, 0.2) is 17.0 Å². The van der Waals surface area contributed by atoms with Crippen LogP contribution in [-0.2, 0) is 10.7 Å². The fourth-order valence-corrected chi connectivity index (χ4v) is 1.63. The van der Waals surface area contributed by atoms with E-state index in [1.54, 1.807) is 13.8 Å². The quantitative estimate of drug-likeness (QED) is 0.676. The average molecular weight is 188 g/mol. The van der Waals surface area contributed by atoms with E-state index < -0.39 is 10.7 Å². The van der Waals surface area contributed by atoms with Crippen molar-refractivity contribution in [3.05, 3.63) is 29.1 Å². The summed E-state index contributed by atoms with van der Waals surface area (Å²) in [5.41, 5.74) is 0.730. The van der Waals surface area contributed by atoms with Crippen molar-refractivity contribution in [2.45, 2.75) is 18.7 Å². The summed E-state index contributed by atoms with van der Waals surface area (Å²) in [6.07, 6.45) is 0. The summed E-state index contributed by atoms with van der Waals surface area (Å²) in [6, 6.07) is 2.65. The number of hydrogen-bond donors (Lipinski definition) is 1. The van der Waals surface area contributed by atoms with E-state index in [-0.39, 0.29) is 10.7 Å². The summed E-state index contributed by atoms with van der Waals surface area (Å²) < 4.78 is 34.0. The van der Waals surface area contributed by atoms with Gasteiger partial charge in [-0.15, -0.1) is 0 Å². The molecule has 0 amide bonds. The summed E-state index contributed by atoms with van der Waals surface area (Å²) in [7, 11) is -2.61. The van der Waals surface area contributed by atoms with Gasteiger partial charge in [-0.05, 0) is 37.1 Å². The van der Waals surface area contributed by atoms with Gasteiger partial charge >= 0.3 is 0 Å². The third-order valence-electron chi connectivity index (χ3n) is 1.63. The van der Waals surface area contributed by atoms with E-state index in [2.05, 4.69) is 0 Å². The molecule has 0 saturated carbocycles.